The fourth-order valence-electron chi connectivity index (χ4n) is 2.80. The molecule has 3 rings (SSSR count). The van der Waals surface area contributed by atoms with Crippen LogP contribution < -0.4 is 4.90 Å². The second-order valence-corrected chi connectivity index (χ2v) is 5.35. The molecule has 1 N–H and O–H groups in total. The zero-order valence-corrected chi connectivity index (χ0v) is 11.6. The molecule has 0 amide bonds. The molecule has 0 saturated carbocycles. The Balaban J connectivity index is 1.80. The Bertz CT molecular complexity index is 569. The first-order valence-electron chi connectivity index (χ1n) is 6.70. The second-order valence-electron chi connectivity index (χ2n) is 5.35. The van der Waals surface area contributed by atoms with E-state index in [1.807, 2.05) is 26.1 Å². The van der Waals surface area contributed by atoms with Gasteiger partial charge in [0.2, 0.25) is 5.95 Å². The maximum absolute atomic E-state index is 4.54. The number of aromatic nitrogens is 4. The van der Waals surface area contributed by atoms with E-state index in [9.17, 15) is 0 Å². The van der Waals surface area contributed by atoms with Crippen molar-refractivity contribution in [3.05, 3.63) is 34.9 Å². The topological polar surface area (TPSA) is 57.7 Å². The van der Waals surface area contributed by atoms with Crippen LogP contribution in [0.3, 0.4) is 0 Å². The van der Waals surface area contributed by atoms with Crippen LogP contribution in [-0.2, 0) is 0 Å². The molecule has 1 fully saturated rings. The van der Waals surface area contributed by atoms with Crippen molar-refractivity contribution in [3.8, 4) is 0 Å². The summed E-state index contributed by atoms with van der Waals surface area (Å²) in [6, 6.07) is 2.01. The molecule has 1 aliphatic rings. The molecular weight excluding hydrogens is 238 g/mol. The molecule has 2 aromatic heterocycles. The second kappa shape index (κ2) is 4.64. The summed E-state index contributed by atoms with van der Waals surface area (Å²) in [5.41, 5.74) is 4.56. The van der Waals surface area contributed by atoms with Gasteiger partial charge >= 0.3 is 0 Å². The number of aromatic amines is 1. The van der Waals surface area contributed by atoms with Crippen molar-refractivity contribution in [1.29, 1.82) is 0 Å². The molecular formula is C14H19N5. The molecule has 100 valence electrons. The van der Waals surface area contributed by atoms with Crippen LogP contribution in [0.15, 0.2) is 12.3 Å². The van der Waals surface area contributed by atoms with Crippen molar-refractivity contribution in [2.75, 3.05) is 18.0 Å². The lowest BCUT2D eigenvalue weighted by Crippen LogP contribution is -2.22. The predicted octanol–water partition coefficient (Wildman–Crippen LogP) is 2.12. The Morgan fingerprint density at radius 1 is 1.21 bits per heavy atom. The highest BCUT2D eigenvalue weighted by atomic mass is 15.3. The lowest BCUT2D eigenvalue weighted by molar-refractivity contribution is 0.731. The molecule has 5 heteroatoms. The van der Waals surface area contributed by atoms with E-state index < -0.39 is 0 Å². The molecule has 5 nitrogen and oxygen atoms in total. The Labute approximate surface area is 113 Å². The summed E-state index contributed by atoms with van der Waals surface area (Å²) in [4.78, 5) is 11.4. The van der Waals surface area contributed by atoms with Gasteiger partial charge in [0, 0.05) is 36.1 Å². The van der Waals surface area contributed by atoms with Crippen molar-refractivity contribution in [2.24, 2.45) is 0 Å². The first-order chi connectivity index (χ1) is 9.13. The zero-order valence-electron chi connectivity index (χ0n) is 11.6. The summed E-state index contributed by atoms with van der Waals surface area (Å²) in [6.07, 6.45) is 3.02. The van der Waals surface area contributed by atoms with E-state index in [4.69, 9.17) is 0 Å². The average Bonchev–Trinajstić information content (AvgIpc) is 2.95. The van der Waals surface area contributed by atoms with Crippen LogP contribution in [-0.4, -0.2) is 33.3 Å². The molecule has 1 aliphatic heterocycles. The van der Waals surface area contributed by atoms with Gasteiger partial charge in [-0.05, 0) is 38.8 Å². The third-order valence-electron chi connectivity index (χ3n) is 3.72. The molecule has 0 spiro atoms. The van der Waals surface area contributed by atoms with Crippen LogP contribution in [0.1, 0.15) is 35.0 Å². The number of rotatable bonds is 2. The van der Waals surface area contributed by atoms with Crippen LogP contribution in [0.25, 0.3) is 0 Å². The predicted molar refractivity (Wildman–Crippen MR) is 74.4 cm³/mol. The SMILES string of the molecule is Cc1cc(C)nc(N2CCC(c3[nH]ncc3C)C2)n1. The third kappa shape index (κ3) is 2.32. The minimum Gasteiger partial charge on any atom is -0.340 e. The van der Waals surface area contributed by atoms with Gasteiger partial charge in [-0.1, -0.05) is 0 Å². The number of hydrogen-bond acceptors (Lipinski definition) is 4. The maximum atomic E-state index is 4.54. The molecule has 1 saturated heterocycles. The molecule has 2 aromatic rings. The number of nitrogens with one attached hydrogen (secondary N) is 1. The van der Waals surface area contributed by atoms with Gasteiger partial charge < -0.3 is 4.90 Å². The molecule has 0 radical (unpaired) electrons. The van der Waals surface area contributed by atoms with Crippen molar-refractivity contribution < 1.29 is 0 Å². The summed E-state index contributed by atoms with van der Waals surface area (Å²) in [6.45, 7) is 8.11. The first kappa shape index (κ1) is 12.1. The van der Waals surface area contributed by atoms with Gasteiger partial charge in [0.1, 0.15) is 0 Å². The Morgan fingerprint density at radius 2 is 1.95 bits per heavy atom. The molecule has 0 aromatic carbocycles. The quantitative estimate of drug-likeness (QED) is 0.895. The molecule has 0 aliphatic carbocycles. The van der Waals surface area contributed by atoms with Crippen molar-refractivity contribution in [3.63, 3.8) is 0 Å². The summed E-state index contributed by atoms with van der Waals surface area (Å²) >= 11 is 0. The molecule has 19 heavy (non-hydrogen) atoms. The van der Waals surface area contributed by atoms with Gasteiger partial charge in [-0.25, -0.2) is 9.97 Å². The minimum absolute atomic E-state index is 0.506. The van der Waals surface area contributed by atoms with Gasteiger partial charge in [0.15, 0.2) is 0 Å². The lowest BCUT2D eigenvalue weighted by atomic mass is 10.0. The van der Waals surface area contributed by atoms with Gasteiger partial charge in [-0.15, -0.1) is 0 Å². The highest BCUT2D eigenvalue weighted by Gasteiger charge is 2.27. The van der Waals surface area contributed by atoms with Crippen LogP contribution in [0, 0.1) is 20.8 Å². The summed E-state index contributed by atoms with van der Waals surface area (Å²) in [5, 5.41) is 7.24. The third-order valence-corrected chi connectivity index (χ3v) is 3.72. The highest BCUT2D eigenvalue weighted by Crippen LogP contribution is 2.29. The van der Waals surface area contributed by atoms with Crippen molar-refractivity contribution in [1.82, 2.24) is 20.2 Å². The fraction of sp³-hybridized carbons (Fsp3) is 0.500. The Morgan fingerprint density at radius 3 is 2.58 bits per heavy atom. The maximum Gasteiger partial charge on any atom is 0.225 e. The van der Waals surface area contributed by atoms with Crippen LogP contribution >= 0.6 is 0 Å². The van der Waals surface area contributed by atoms with Gasteiger partial charge in [-0.3, -0.25) is 5.10 Å². The normalized spacial score (nSPS) is 19.1. The van der Waals surface area contributed by atoms with E-state index in [1.165, 1.54) is 11.3 Å². The number of anilines is 1. The summed E-state index contributed by atoms with van der Waals surface area (Å²) < 4.78 is 0. The van der Waals surface area contributed by atoms with E-state index in [2.05, 4.69) is 32.0 Å². The smallest absolute Gasteiger partial charge is 0.225 e. The molecule has 1 atom stereocenters. The van der Waals surface area contributed by atoms with Gasteiger partial charge in [0.05, 0.1) is 6.20 Å². The van der Waals surface area contributed by atoms with E-state index in [0.29, 0.717) is 5.92 Å². The summed E-state index contributed by atoms with van der Waals surface area (Å²) in [5.74, 6) is 1.36. The van der Waals surface area contributed by atoms with Crippen LogP contribution in [0.5, 0.6) is 0 Å². The Hall–Kier alpha value is -1.91. The largest absolute Gasteiger partial charge is 0.340 e. The van der Waals surface area contributed by atoms with Gasteiger partial charge in [-0.2, -0.15) is 5.10 Å². The Kier molecular flexibility index (Phi) is 2.97. The number of aryl methyl sites for hydroxylation is 3. The molecule has 1 unspecified atom stereocenters. The zero-order chi connectivity index (χ0) is 13.4. The minimum atomic E-state index is 0.506. The number of nitrogens with zero attached hydrogens (tertiary/aromatic N) is 4. The number of H-pyrrole nitrogens is 1. The van der Waals surface area contributed by atoms with E-state index in [1.54, 1.807) is 0 Å². The summed E-state index contributed by atoms with van der Waals surface area (Å²) in [7, 11) is 0. The van der Waals surface area contributed by atoms with Crippen molar-refractivity contribution in [2.45, 2.75) is 33.1 Å². The van der Waals surface area contributed by atoms with E-state index >= 15 is 0 Å². The monoisotopic (exact) mass is 257 g/mol. The van der Waals surface area contributed by atoms with Crippen LogP contribution in [0.4, 0.5) is 5.95 Å². The number of hydrogen-bond donors (Lipinski definition) is 1. The van der Waals surface area contributed by atoms with Gasteiger partial charge in [0.25, 0.3) is 0 Å². The average molecular weight is 257 g/mol. The van der Waals surface area contributed by atoms with E-state index in [0.717, 1.165) is 36.8 Å². The van der Waals surface area contributed by atoms with E-state index in [-0.39, 0.29) is 0 Å². The van der Waals surface area contributed by atoms with Crippen molar-refractivity contribution >= 4 is 5.95 Å². The molecule has 0 bridgehead atoms. The van der Waals surface area contributed by atoms with Crippen LogP contribution in [0.2, 0.25) is 0 Å². The fourth-order valence-corrected chi connectivity index (χ4v) is 2.80. The lowest BCUT2D eigenvalue weighted by Gasteiger charge is -2.17. The molecule has 3 heterocycles. The standard InChI is InChI=1S/C14H19N5/c1-9-7-15-18-13(9)12-4-5-19(8-12)14-16-10(2)6-11(3)17-14/h6-7,12H,4-5,8H2,1-3H3,(H,15,18). The highest BCUT2D eigenvalue weighted by molar-refractivity contribution is 5.36. The first-order valence-corrected chi connectivity index (χ1v) is 6.70.